The second kappa shape index (κ2) is 6.46. The summed E-state index contributed by atoms with van der Waals surface area (Å²) < 4.78 is 5.55. The van der Waals surface area contributed by atoms with Crippen LogP contribution < -0.4 is 0 Å². The van der Waals surface area contributed by atoms with Crippen LogP contribution in [0.5, 0.6) is 0 Å². The number of rotatable bonds is 3. The number of hydrogen-bond donors (Lipinski definition) is 0. The Morgan fingerprint density at radius 1 is 1.48 bits per heavy atom. The Labute approximate surface area is 130 Å². The summed E-state index contributed by atoms with van der Waals surface area (Å²) in [6, 6.07) is 2.47. The average molecular weight is 308 g/mol. The minimum atomic E-state index is 0.235. The lowest BCUT2D eigenvalue weighted by Gasteiger charge is -2.38. The van der Waals surface area contributed by atoms with Gasteiger partial charge in [-0.15, -0.1) is 11.3 Å². The van der Waals surface area contributed by atoms with E-state index in [9.17, 15) is 4.79 Å². The second-order valence-electron chi connectivity index (χ2n) is 5.98. The van der Waals surface area contributed by atoms with Gasteiger partial charge in [0, 0.05) is 24.5 Å². The molecule has 3 rings (SSSR count). The number of amides is 1. The molecular formula is C16H24N2O2S. The predicted molar refractivity (Wildman–Crippen MR) is 84.6 cm³/mol. The van der Waals surface area contributed by atoms with E-state index >= 15 is 0 Å². The first kappa shape index (κ1) is 15.0. The maximum atomic E-state index is 12.7. The van der Waals surface area contributed by atoms with Gasteiger partial charge in [0.2, 0.25) is 5.91 Å². The Morgan fingerprint density at radius 2 is 2.33 bits per heavy atom. The van der Waals surface area contributed by atoms with Gasteiger partial charge in [0.25, 0.3) is 0 Å². The van der Waals surface area contributed by atoms with Crippen LogP contribution >= 0.6 is 11.3 Å². The van der Waals surface area contributed by atoms with Crippen LogP contribution in [0.3, 0.4) is 0 Å². The predicted octanol–water partition coefficient (Wildman–Crippen LogP) is 2.30. The van der Waals surface area contributed by atoms with Gasteiger partial charge < -0.3 is 9.64 Å². The van der Waals surface area contributed by atoms with Gasteiger partial charge in [-0.25, -0.2) is 0 Å². The molecule has 1 aromatic heterocycles. The van der Waals surface area contributed by atoms with Crippen LogP contribution in [0.4, 0.5) is 0 Å². The van der Waals surface area contributed by atoms with Gasteiger partial charge in [0.05, 0.1) is 25.3 Å². The smallest absolute Gasteiger partial charge is 0.237 e. The first-order valence-corrected chi connectivity index (χ1v) is 8.76. The molecule has 1 aromatic rings. The van der Waals surface area contributed by atoms with Crippen LogP contribution in [0.1, 0.15) is 36.8 Å². The van der Waals surface area contributed by atoms with Gasteiger partial charge in [0.15, 0.2) is 0 Å². The molecule has 0 aliphatic carbocycles. The molecule has 2 aliphatic heterocycles. The van der Waals surface area contributed by atoms with E-state index in [1.165, 1.54) is 10.4 Å². The molecule has 21 heavy (non-hydrogen) atoms. The zero-order valence-electron chi connectivity index (χ0n) is 12.9. The van der Waals surface area contributed by atoms with E-state index in [0.717, 1.165) is 39.1 Å². The summed E-state index contributed by atoms with van der Waals surface area (Å²) in [7, 11) is 0. The van der Waals surface area contributed by atoms with E-state index < -0.39 is 0 Å². The van der Waals surface area contributed by atoms with Crippen molar-refractivity contribution < 1.29 is 9.53 Å². The maximum absolute atomic E-state index is 12.7. The molecule has 2 unspecified atom stereocenters. The van der Waals surface area contributed by atoms with Crippen LogP contribution in [0.15, 0.2) is 11.4 Å². The molecule has 0 saturated carbocycles. The van der Waals surface area contributed by atoms with Crippen molar-refractivity contribution >= 4 is 17.2 Å². The molecule has 0 N–H and O–H groups in total. The monoisotopic (exact) mass is 308 g/mol. The molecule has 1 saturated heterocycles. The van der Waals surface area contributed by atoms with Gasteiger partial charge in [0.1, 0.15) is 0 Å². The van der Waals surface area contributed by atoms with Crippen LogP contribution in [0.2, 0.25) is 0 Å². The number of carbonyl (C=O) groups excluding carboxylic acids is 1. The topological polar surface area (TPSA) is 32.8 Å². The third-order valence-electron chi connectivity index (χ3n) is 4.49. The van der Waals surface area contributed by atoms with Crippen molar-refractivity contribution in [3.05, 3.63) is 21.9 Å². The fourth-order valence-electron chi connectivity index (χ4n) is 3.45. The summed E-state index contributed by atoms with van der Waals surface area (Å²) in [5.74, 6) is 0.271. The molecule has 0 radical (unpaired) electrons. The van der Waals surface area contributed by atoms with E-state index in [1.54, 1.807) is 0 Å². The van der Waals surface area contributed by atoms with Crippen LogP contribution in [0, 0.1) is 0 Å². The van der Waals surface area contributed by atoms with E-state index in [1.807, 2.05) is 11.3 Å². The molecule has 0 bridgehead atoms. The summed E-state index contributed by atoms with van der Waals surface area (Å²) in [5.41, 5.74) is 1.37. The lowest BCUT2D eigenvalue weighted by molar-refractivity contribution is -0.137. The average Bonchev–Trinajstić information content (AvgIpc) is 2.94. The van der Waals surface area contributed by atoms with E-state index in [4.69, 9.17) is 4.74 Å². The van der Waals surface area contributed by atoms with Crippen LogP contribution in [0.25, 0.3) is 0 Å². The number of fused-ring (bicyclic) bond motifs is 1. The standard InChI is InChI=1S/C16H24N2O2S/c1-3-14-13-5-9-21-15(13)4-6-18(14)16(19)11-17-7-8-20-12(2)10-17/h5,9,12,14H,3-4,6-8,10-11H2,1-2H3. The van der Waals surface area contributed by atoms with Crippen molar-refractivity contribution in [2.75, 3.05) is 32.8 Å². The zero-order valence-corrected chi connectivity index (χ0v) is 13.7. The summed E-state index contributed by atoms with van der Waals surface area (Å²) >= 11 is 1.83. The Kier molecular flexibility index (Phi) is 4.62. The van der Waals surface area contributed by atoms with E-state index in [0.29, 0.717) is 6.54 Å². The van der Waals surface area contributed by atoms with Crippen molar-refractivity contribution in [1.29, 1.82) is 0 Å². The Bertz CT molecular complexity index is 502. The molecule has 0 aromatic carbocycles. The maximum Gasteiger partial charge on any atom is 0.237 e. The van der Waals surface area contributed by atoms with Gasteiger partial charge in [-0.1, -0.05) is 6.92 Å². The van der Waals surface area contributed by atoms with Gasteiger partial charge in [-0.3, -0.25) is 9.69 Å². The molecule has 2 atom stereocenters. The third-order valence-corrected chi connectivity index (χ3v) is 5.48. The molecule has 0 spiro atoms. The normalized spacial score (nSPS) is 26.7. The number of ether oxygens (including phenoxy) is 1. The van der Waals surface area contributed by atoms with E-state index in [2.05, 4.69) is 35.1 Å². The number of carbonyl (C=O) groups is 1. The third kappa shape index (κ3) is 3.15. The lowest BCUT2D eigenvalue weighted by atomic mass is 9.97. The number of hydrogen-bond acceptors (Lipinski definition) is 4. The minimum Gasteiger partial charge on any atom is -0.376 e. The van der Waals surface area contributed by atoms with Crippen molar-refractivity contribution in [3.63, 3.8) is 0 Å². The molecule has 116 valence electrons. The highest BCUT2D eigenvalue weighted by molar-refractivity contribution is 7.10. The first-order chi connectivity index (χ1) is 10.2. The molecule has 1 fully saturated rings. The molecular weight excluding hydrogens is 284 g/mol. The minimum absolute atomic E-state index is 0.235. The van der Waals surface area contributed by atoms with Crippen molar-refractivity contribution in [3.8, 4) is 0 Å². The quantitative estimate of drug-likeness (QED) is 0.859. The van der Waals surface area contributed by atoms with Gasteiger partial charge >= 0.3 is 0 Å². The summed E-state index contributed by atoms with van der Waals surface area (Å²) in [4.78, 5) is 18.5. The molecule has 2 aliphatic rings. The Hall–Kier alpha value is -0.910. The number of thiophene rings is 1. The van der Waals surface area contributed by atoms with Crippen molar-refractivity contribution in [1.82, 2.24) is 9.80 Å². The first-order valence-electron chi connectivity index (χ1n) is 7.88. The second-order valence-corrected chi connectivity index (χ2v) is 6.98. The number of nitrogens with zero attached hydrogens (tertiary/aromatic N) is 2. The van der Waals surface area contributed by atoms with Gasteiger partial charge in [-0.05, 0) is 36.8 Å². The van der Waals surface area contributed by atoms with Crippen molar-refractivity contribution in [2.24, 2.45) is 0 Å². The zero-order chi connectivity index (χ0) is 14.8. The highest BCUT2D eigenvalue weighted by Gasteiger charge is 2.31. The summed E-state index contributed by atoms with van der Waals surface area (Å²) in [6.07, 6.45) is 2.24. The van der Waals surface area contributed by atoms with Crippen LogP contribution in [-0.2, 0) is 16.0 Å². The Balaban J connectivity index is 1.67. The highest BCUT2D eigenvalue weighted by atomic mass is 32.1. The summed E-state index contributed by atoms with van der Waals surface area (Å²) in [5, 5.41) is 2.16. The molecule has 4 nitrogen and oxygen atoms in total. The van der Waals surface area contributed by atoms with E-state index in [-0.39, 0.29) is 18.1 Å². The molecule has 3 heterocycles. The van der Waals surface area contributed by atoms with Crippen molar-refractivity contribution in [2.45, 2.75) is 38.8 Å². The van der Waals surface area contributed by atoms with Crippen LogP contribution in [-0.4, -0.2) is 54.6 Å². The largest absolute Gasteiger partial charge is 0.376 e. The highest BCUT2D eigenvalue weighted by Crippen LogP contribution is 2.35. The SMILES string of the molecule is CCC1c2ccsc2CCN1C(=O)CN1CCOC(C)C1. The molecule has 1 amide bonds. The molecule has 5 heteroatoms. The fraction of sp³-hybridized carbons (Fsp3) is 0.688. The summed E-state index contributed by atoms with van der Waals surface area (Å²) in [6.45, 7) is 8.11. The fourth-order valence-corrected chi connectivity index (χ4v) is 4.38. The Morgan fingerprint density at radius 3 is 3.10 bits per heavy atom. The number of morpholine rings is 1. The van der Waals surface area contributed by atoms with Gasteiger partial charge in [-0.2, -0.15) is 0 Å². The lowest BCUT2D eigenvalue weighted by Crippen LogP contribution is -2.49.